The minimum Gasteiger partial charge on any atom is -0.370 e. The predicted octanol–water partition coefficient (Wildman–Crippen LogP) is 0.810. The van der Waals surface area contributed by atoms with Crippen LogP contribution in [0.4, 0.5) is 0 Å². The first kappa shape index (κ1) is 10.6. The van der Waals surface area contributed by atoms with Crippen molar-refractivity contribution < 1.29 is 0 Å². The Kier molecular flexibility index (Phi) is 2.34. The lowest BCUT2D eigenvalue weighted by Gasteiger charge is -2.25. The minimum absolute atomic E-state index is 0.296. The van der Waals surface area contributed by atoms with Gasteiger partial charge >= 0.3 is 0 Å². The van der Waals surface area contributed by atoms with Crippen LogP contribution in [0.15, 0.2) is 11.2 Å². The number of aliphatic imine (C=N–C) groups is 1. The third-order valence-electron chi connectivity index (χ3n) is 3.66. The molecular formula is C12H19N5. The quantitative estimate of drug-likeness (QED) is 0.840. The largest absolute Gasteiger partial charge is 0.370 e. The van der Waals surface area contributed by atoms with Crippen molar-refractivity contribution in [1.82, 2.24) is 14.7 Å². The van der Waals surface area contributed by atoms with E-state index < -0.39 is 0 Å². The number of guanidine groups is 1. The maximum absolute atomic E-state index is 5.99. The summed E-state index contributed by atoms with van der Waals surface area (Å²) in [6.07, 6.45) is 4.76. The highest BCUT2D eigenvalue weighted by Crippen LogP contribution is 2.35. The van der Waals surface area contributed by atoms with Crippen LogP contribution < -0.4 is 5.73 Å². The molecule has 1 fully saturated rings. The van der Waals surface area contributed by atoms with Gasteiger partial charge in [0.15, 0.2) is 5.96 Å². The van der Waals surface area contributed by atoms with E-state index >= 15 is 0 Å². The Hall–Kier alpha value is -1.52. The molecule has 1 saturated carbocycles. The van der Waals surface area contributed by atoms with E-state index in [4.69, 9.17) is 5.73 Å². The van der Waals surface area contributed by atoms with E-state index in [0.717, 1.165) is 24.7 Å². The zero-order chi connectivity index (χ0) is 12.0. The first-order valence-electron chi connectivity index (χ1n) is 6.22. The highest BCUT2D eigenvalue weighted by atomic mass is 15.3. The van der Waals surface area contributed by atoms with Gasteiger partial charge in [0, 0.05) is 25.4 Å². The van der Waals surface area contributed by atoms with Crippen molar-refractivity contribution >= 4 is 5.96 Å². The minimum atomic E-state index is 0.296. The van der Waals surface area contributed by atoms with Crippen molar-refractivity contribution in [2.45, 2.75) is 25.8 Å². The van der Waals surface area contributed by atoms with Crippen LogP contribution in [-0.2, 0) is 7.05 Å². The first-order valence-corrected chi connectivity index (χ1v) is 6.22. The van der Waals surface area contributed by atoms with E-state index in [-0.39, 0.29) is 0 Å². The van der Waals surface area contributed by atoms with E-state index in [1.165, 1.54) is 18.4 Å². The smallest absolute Gasteiger partial charge is 0.191 e. The van der Waals surface area contributed by atoms with Gasteiger partial charge in [-0.25, -0.2) is 0 Å². The van der Waals surface area contributed by atoms with E-state index in [2.05, 4.69) is 28.1 Å². The summed E-state index contributed by atoms with van der Waals surface area (Å²) in [5.74, 6) is 1.52. The maximum atomic E-state index is 5.99. The van der Waals surface area contributed by atoms with Gasteiger partial charge in [-0.05, 0) is 25.7 Å². The molecule has 0 aromatic carbocycles. The average Bonchev–Trinajstić information content (AvgIpc) is 2.94. The SMILES string of the molecule is Cc1nn(C)cc1C1CN=C(N)N1CC1CC1. The number of aryl methyl sites for hydroxylation is 2. The van der Waals surface area contributed by atoms with Gasteiger partial charge in [0.25, 0.3) is 0 Å². The van der Waals surface area contributed by atoms with Gasteiger partial charge in [0.1, 0.15) is 0 Å². The molecule has 1 unspecified atom stereocenters. The molecule has 3 rings (SSSR count). The van der Waals surface area contributed by atoms with Gasteiger partial charge in [-0.15, -0.1) is 0 Å². The normalized spacial score (nSPS) is 24.2. The van der Waals surface area contributed by atoms with E-state index in [1.54, 1.807) is 0 Å². The van der Waals surface area contributed by atoms with E-state index in [9.17, 15) is 0 Å². The van der Waals surface area contributed by atoms with Crippen molar-refractivity contribution in [1.29, 1.82) is 0 Å². The van der Waals surface area contributed by atoms with Crippen LogP contribution in [0.3, 0.4) is 0 Å². The molecular weight excluding hydrogens is 214 g/mol. The third-order valence-corrected chi connectivity index (χ3v) is 3.66. The Balaban J connectivity index is 1.84. The summed E-state index contributed by atoms with van der Waals surface area (Å²) in [6.45, 7) is 3.87. The molecule has 1 aromatic heterocycles. The Labute approximate surface area is 101 Å². The molecule has 2 N–H and O–H groups in total. The fraction of sp³-hybridized carbons (Fsp3) is 0.667. The molecule has 17 heavy (non-hydrogen) atoms. The number of nitrogens with zero attached hydrogens (tertiary/aromatic N) is 4. The molecule has 2 aliphatic rings. The molecule has 5 heteroatoms. The van der Waals surface area contributed by atoms with Crippen LogP contribution in [-0.4, -0.2) is 33.7 Å². The Morgan fingerprint density at radius 2 is 2.24 bits per heavy atom. The maximum Gasteiger partial charge on any atom is 0.191 e. The standard InChI is InChI=1S/C12H19N5/c1-8-10(7-16(2)15-8)11-5-14-12(13)17(11)6-9-3-4-9/h7,9,11H,3-6H2,1-2H3,(H2,13,14). The van der Waals surface area contributed by atoms with Gasteiger partial charge < -0.3 is 10.6 Å². The van der Waals surface area contributed by atoms with E-state index in [1.807, 2.05) is 11.7 Å². The zero-order valence-electron chi connectivity index (χ0n) is 10.4. The lowest BCUT2D eigenvalue weighted by atomic mass is 10.1. The number of hydrogen-bond acceptors (Lipinski definition) is 4. The van der Waals surface area contributed by atoms with Gasteiger partial charge in [0.2, 0.25) is 0 Å². The van der Waals surface area contributed by atoms with Gasteiger partial charge in [-0.3, -0.25) is 9.67 Å². The number of nitrogens with two attached hydrogens (primary N) is 1. The lowest BCUT2D eigenvalue weighted by Crippen LogP contribution is -2.37. The molecule has 0 bridgehead atoms. The average molecular weight is 233 g/mol. The number of aromatic nitrogens is 2. The second kappa shape index (κ2) is 3.75. The molecule has 1 atom stereocenters. The Morgan fingerprint density at radius 3 is 2.82 bits per heavy atom. The fourth-order valence-electron chi connectivity index (χ4n) is 2.54. The van der Waals surface area contributed by atoms with Crippen LogP contribution in [0, 0.1) is 12.8 Å². The third kappa shape index (κ3) is 1.90. The molecule has 5 nitrogen and oxygen atoms in total. The molecule has 1 aliphatic carbocycles. The van der Waals surface area contributed by atoms with Crippen molar-refractivity contribution in [2.75, 3.05) is 13.1 Å². The summed E-state index contributed by atoms with van der Waals surface area (Å²) < 4.78 is 1.87. The van der Waals surface area contributed by atoms with Crippen LogP contribution in [0.1, 0.15) is 30.1 Å². The monoisotopic (exact) mass is 233 g/mol. The fourth-order valence-corrected chi connectivity index (χ4v) is 2.54. The second-order valence-corrected chi connectivity index (χ2v) is 5.15. The van der Waals surface area contributed by atoms with Crippen LogP contribution in [0.5, 0.6) is 0 Å². The first-order chi connectivity index (χ1) is 8.15. The van der Waals surface area contributed by atoms with Crippen molar-refractivity contribution in [3.63, 3.8) is 0 Å². The molecule has 1 aromatic rings. The van der Waals surface area contributed by atoms with Crippen LogP contribution >= 0.6 is 0 Å². The van der Waals surface area contributed by atoms with Crippen molar-refractivity contribution in [2.24, 2.45) is 23.7 Å². The van der Waals surface area contributed by atoms with Gasteiger partial charge in [-0.1, -0.05) is 0 Å². The van der Waals surface area contributed by atoms with Gasteiger partial charge in [0.05, 0.1) is 18.3 Å². The molecule has 0 saturated heterocycles. The molecule has 2 heterocycles. The summed E-state index contributed by atoms with van der Waals surface area (Å²) in [4.78, 5) is 6.64. The van der Waals surface area contributed by atoms with Crippen LogP contribution in [0.2, 0.25) is 0 Å². The van der Waals surface area contributed by atoms with Gasteiger partial charge in [-0.2, -0.15) is 5.10 Å². The topological polar surface area (TPSA) is 59.4 Å². The lowest BCUT2D eigenvalue weighted by molar-refractivity contribution is 0.333. The number of hydrogen-bond donors (Lipinski definition) is 1. The molecule has 92 valence electrons. The van der Waals surface area contributed by atoms with Crippen LogP contribution in [0.25, 0.3) is 0 Å². The van der Waals surface area contributed by atoms with Crippen molar-refractivity contribution in [3.8, 4) is 0 Å². The highest BCUT2D eigenvalue weighted by molar-refractivity contribution is 5.80. The summed E-state index contributed by atoms with van der Waals surface area (Å²) in [7, 11) is 1.96. The molecule has 0 radical (unpaired) electrons. The second-order valence-electron chi connectivity index (χ2n) is 5.15. The summed E-state index contributed by atoms with van der Waals surface area (Å²) >= 11 is 0. The van der Waals surface area contributed by atoms with Crippen molar-refractivity contribution in [3.05, 3.63) is 17.5 Å². The summed E-state index contributed by atoms with van der Waals surface area (Å²) in [6, 6.07) is 0.296. The predicted molar refractivity (Wildman–Crippen MR) is 66.6 cm³/mol. The molecule has 1 aliphatic heterocycles. The highest BCUT2D eigenvalue weighted by Gasteiger charge is 2.34. The Bertz CT molecular complexity index is 457. The molecule has 0 spiro atoms. The number of rotatable bonds is 3. The summed E-state index contributed by atoms with van der Waals surface area (Å²) in [5, 5.41) is 4.41. The van der Waals surface area contributed by atoms with E-state index in [0.29, 0.717) is 12.0 Å². The zero-order valence-corrected chi connectivity index (χ0v) is 10.4. The molecule has 0 amide bonds. The Morgan fingerprint density at radius 1 is 1.47 bits per heavy atom. The summed E-state index contributed by atoms with van der Waals surface area (Å²) in [5.41, 5.74) is 8.34.